The van der Waals surface area contributed by atoms with Crippen molar-refractivity contribution < 1.29 is 9.59 Å². The molecule has 0 spiro atoms. The monoisotopic (exact) mass is 332 g/mol. The lowest BCUT2D eigenvalue weighted by Gasteiger charge is -2.05. The van der Waals surface area contributed by atoms with Gasteiger partial charge in [-0.15, -0.1) is 0 Å². The average molecular weight is 332 g/mol. The molecule has 6 nitrogen and oxygen atoms in total. The van der Waals surface area contributed by atoms with E-state index in [4.69, 9.17) is 5.73 Å². The quantitative estimate of drug-likeness (QED) is 0.461. The van der Waals surface area contributed by atoms with Crippen molar-refractivity contribution in [3.8, 4) is 0 Å². The molecule has 0 unspecified atom stereocenters. The van der Waals surface area contributed by atoms with Crippen molar-refractivity contribution in [2.75, 3.05) is 5.32 Å². The number of primary amides is 1. The molecule has 6 heteroatoms. The van der Waals surface area contributed by atoms with Gasteiger partial charge in [-0.3, -0.25) is 9.59 Å². The number of para-hydroxylation sites is 1. The molecule has 2 aromatic heterocycles. The number of fused-ring (bicyclic) bond motifs is 2. The number of carbonyl (C=O) groups is 2. The molecular formula is C19H16N4O2. The Morgan fingerprint density at radius 1 is 1.04 bits per heavy atom. The highest BCUT2D eigenvalue weighted by Gasteiger charge is 2.10. The normalized spacial score (nSPS) is 11.0. The Morgan fingerprint density at radius 2 is 1.88 bits per heavy atom. The van der Waals surface area contributed by atoms with Crippen LogP contribution in [0.3, 0.4) is 0 Å². The van der Waals surface area contributed by atoms with Gasteiger partial charge in [0.15, 0.2) is 0 Å². The number of nitrogens with two attached hydrogens (primary N) is 1. The molecule has 25 heavy (non-hydrogen) atoms. The van der Waals surface area contributed by atoms with Crippen molar-refractivity contribution in [2.24, 2.45) is 5.73 Å². The summed E-state index contributed by atoms with van der Waals surface area (Å²) >= 11 is 0. The van der Waals surface area contributed by atoms with Gasteiger partial charge >= 0.3 is 0 Å². The van der Waals surface area contributed by atoms with E-state index in [2.05, 4.69) is 15.3 Å². The van der Waals surface area contributed by atoms with E-state index in [9.17, 15) is 9.59 Å². The van der Waals surface area contributed by atoms with E-state index in [1.165, 1.54) is 0 Å². The Morgan fingerprint density at radius 3 is 2.72 bits per heavy atom. The van der Waals surface area contributed by atoms with Gasteiger partial charge in [0.25, 0.3) is 5.91 Å². The lowest BCUT2D eigenvalue weighted by molar-refractivity contribution is -0.115. The standard InChI is InChI=1S/C19H16N4O2/c20-19(25)17-8-11-7-13(5-6-15(11)23-17)22-18(24)9-12-10-21-16-4-2-1-3-14(12)16/h1-8,10,21,23H,9H2,(H2,20,25)(H,22,24). The molecule has 124 valence electrons. The van der Waals surface area contributed by atoms with E-state index in [0.29, 0.717) is 11.4 Å². The minimum absolute atomic E-state index is 0.102. The van der Waals surface area contributed by atoms with E-state index < -0.39 is 5.91 Å². The highest BCUT2D eigenvalue weighted by molar-refractivity contribution is 6.00. The van der Waals surface area contributed by atoms with Gasteiger partial charge in [0.2, 0.25) is 5.91 Å². The fourth-order valence-electron chi connectivity index (χ4n) is 3.00. The number of H-pyrrole nitrogens is 2. The maximum atomic E-state index is 12.4. The van der Waals surface area contributed by atoms with Crippen molar-refractivity contribution >= 4 is 39.3 Å². The molecule has 4 aromatic rings. The summed E-state index contributed by atoms with van der Waals surface area (Å²) in [5.74, 6) is -0.615. The molecule has 0 saturated heterocycles. The van der Waals surface area contributed by atoms with E-state index in [-0.39, 0.29) is 12.3 Å². The minimum Gasteiger partial charge on any atom is -0.364 e. The van der Waals surface area contributed by atoms with Crippen LogP contribution in [0.5, 0.6) is 0 Å². The van der Waals surface area contributed by atoms with Crippen LogP contribution in [0.2, 0.25) is 0 Å². The van der Waals surface area contributed by atoms with Crippen LogP contribution in [-0.4, -0.2) is 21.8 Å². The van der Waals surface area contributed by atoms with Crippen LogP contribution in [0.1, 0.15) is 16.1 Å². The maximum absolute atomic E-state index is 12.4. The van der Waals surface area contributed by atoms with Crippen molar-refractivity contribution in [3.63, 3.8) is 0 Å². The third-order valence-corrected chi connectivity index (χ3v) is 4.20. The fourth-order valence-corrected chi connectivity index (χ4v) is 3.00. The molecule has 0 aliphatic heterocycles. The first-order chi connectivity index (χ1) is 12.1. The number of amides is 2. The van der Waals surface area contributed by atoms with Crippen LogP contribution >= 0.6 is 0 Å². The molecule has 2 aromatic carbocycles. The largest absolute Gasteiger partial charge is 0.364 e. The van der Waals surface area contributed by atoms with Gasteiger partial charge in [0, 0.05) is 33.7 Å². The Hall–Kier alpha value is -3.54. The van der Waals surface area contributed by atoms with Crippen LogP contribution < -0.4 is 11.1 Å². The zero-order chi connectivity index (χ0) is 17.4. The predicted octanol–water partition coefficient (Wildman–Crippen LogP) is 2.93. The average Bonchev–Trinajstić information content (AvgIpc) is 3.19. The maximum Gasteiger partial charge on any atom is 0.265 e. The van der Waals surface area contributed by atoms with E-state index in [0.717, 1.165) is 27.4 Å². The molecule has 0 bridgehead atoms. The number of hydrogen-bond acceptors (Lipinski definition) is 2. The molecule has 2 amide bonds. The number of aromatic nitrogens is 2. The molecule has 5 N–H and O–H groups in total. The summed E-state index contributed by atoms with van der Waals surface area (Å²) in [5.41, 5.74) is 9.05. The topological polar surface area (TPSA) is 104 Å². The fraction of sp³-hybridized carbons (Fsp3) is 0.0526. The van der Waals surface area contributed by atoms with Gasteiger partial charge in [-0.25, -0.2) is 0 Å². The number of nitrogens with one attached hydrogen (secondary N) is 3. The first-order valence-electron chi connectivity index (χ1n) is 7.87. The van der Waals surface area contributed by atoms with Crippen LogP contribution in [0.25, 0.3) is 21.8 Å². The van der Waals surface area contributed by atoms with Crippen LogP contribution in [0, 0.1) is 0 Å². The molecular weight excluding hydrogens is 316 g/mol. The third-order valence-electron chi connectivity index (χ3n) is 4.20. The first kappa shape index (κ1) is 15.0. The van der Waals surface area contributed by atoms with E-state index in [1.54, 1.807) is 12.1 Å². The smallest absolute Gasteiger partial charge is 0.265 e. The molecule has 0 radical (unpaired) electrons. The SMILES string of the molecule is NC(=O)c1cc2cc(NC(=O)Cc3c[nH]c4ccccc34)ccc2[nH]1. The summed E-state index contributed by atoms with van der Waals surface area (Å²) in [5, 5.41) is 4.76. The van der Waals surface area contributed by atoms with Gasteiger partial charge in [-0.05, 0) is 35.9 Å². The Bertz CT molecular complexity index is 1110. The summed E-state index contributed by atoms with van der Waals surface area (Å²) in [7, 11) is 0. The second-order valence-corrected chi connectivity index (χ2v) is 5.93. The van der Waals surface area contributed by atoms with E-state index in [1.807, 2.05) is 42.6 Å². The van der Waals surface area contributed by atoms with Gasteiger partial charge < -0.3 is 21.0 Å². The molecule has 2 heterocycles. The van der Waals surface area contributed by atoms with Gasteiger partial charge in [0.1, 0.15) is 5.69 Å². The van der Waals surface area contributed by atoms with Gasteiger partial charge in [0.05, 0.1) is 6.42 Å². The first-order valence-corrected chi connectivity index (χ1v) is 7.87. The number of aromatic amines is 2. The Kier molecular flexibility index (Phi) is 3.50. The second kappa shape index (κ2) is 5.83. The zero-order valence-electron chi connectivity index (χ0n) is 13.3. The van der Waals surface area contributed by atoms with Crippen LogP contribution in [-0.2, 0) is 11.2 Å². The summed E-state index contributed by atoms with van der Waals surface area (Å²) in [6, 6.07) is 15.0. The minimum atomic E-state index is -0.513. The predicted molar refractivity (Wildman–Crippen MR) is 97.4 cm³/mol. The lowest BCUT2D eigenvalue weighted by atomic mass is 10.1. The van der Waals surface area contributed by atoms with Gasteiger partial charge in [-0.2, -0.15) is 0 Å². The molecule has 0 aliphatic rings. The number of rotatable bonds is 4. The zero-order valence-corrected chi connectivity index (χ0v) is 13.3. The molecule has 4 rings (SSSR count). The number of benzene rings is 2. The summed E-state index contributed by atoms with van der Waals surface area (Å²) in [4.78, 5) is 29.7. The summed E-state index contributed by atoms with van der Waals surface area (Å²) < 4.78 is 0. The van der Waals surface area contributed by atoms with E-state index >= 15 is 0 Å². The van der Waals surface area contributed by atoms with Crippen LogP contribution in [0.4, 0.5) is 5.69 Å². The highest BCUT2D eigenvalue weighted by Crippen LogP contribution is 2.21. The number of carbonyl (C=O) groups excluding carboxylic acids is 2. The molecule has 0 atom stereocenters. The van der Waals surface area contributed by atoms with Crippen molar-refractivity contribution in [1.82, 2.24) is 9.97 Å². The van der Waals surface area contributed by atoms with Crippen molar-refractivity contribution in [1.29, 1.82) is 0 Å². The number of anilines is 1. The Balaban J connectivity index is 1.54. The summed E-state index contributed by atoms with van der Waals surface area (Å²) in [6.45, 7) is 0. The third kappa shape index (κ3) is 2.85. The van der Waals surface area contributed by atoms with Crippen LogP contribution in [0.15, 0.2) is 54.7 Å². The van der Waals surface area contributed by atoms with Crippen molar-refractivity contribution in [2.45, 2.75) is 6.42 Å². The summed E-state index contributed by atoms with van der Waals surface area (Å²) in [6.07, 6.45) is 2.14. The van der Waals surface area contributed by atoms with Crippen molar-refractivity contribution in [3.05, 3.63) is 66.0 Å². The lowest BCUT2D eigenvalue weighted by Crippen LogP contribution is -2.14. The Labute approximate surface area is 143 Å². The molecule has 0 saturated carbocycles. The molecule has 0 aliphatic carbocycles. The highest BCUT2D eigenvalue weighted by atomic mass is 16.2. The molecule has 0 fully saturated rings. The number of hydrogen-bond donors (Lipinski definition) is 4. The van der Waals surface area contributed by atoms with Gasteiger partial charge in [-0.1, -0.05) is 18.2 Å². The second-order valence-electron chi connectivity index (χ2n) is 5.93.